The predicted octanol–water partition coefficient (Wildman–Crippen LogP) is 1.51. The summed E-state index contributed by atoms with van der Waals surface area (Å²) < 4.78 is 23.0. The standard InChI is InChI=1S/C23H30N6O5/c1-31-11-12-34-15-21(30)27-7-4-8-28(10-9-27)22-18(14-24-23-25-16-26-29(22)23)17-5-6-19(32-2)20(13-17)33-3/h5-6,13-14,16H,4,7-12,15H2,1-3H3. The van der Waals surface area contributed by atoms with Crippen LogP contribution in [0.3, 0.4) is 0 Å². The van der Waals surface area contributed by atoms with Crippen LogP contribution in [0.5, 0.6) is 11.5 Å². The number of ether oxygens (including phenoxy) is 4. The number of rotatable bonds is 9. The van der Waals surface area contributed by atoms with Gasteiger partial charge in [0.15, 0.2) is 11.5 Å². The Morgan fingerprint density at radius 3 is 2.65 bits per heavy atom. The summed E-state index contributed by atoms with van der Waals surface area (Å²) in [7, 11) is 4.83. The maximum Gasteiger partial charge on any atom is 0.254 e. The zero-order chi connectivity index (χ0) is 23.9. The zero-order valence-corrected chi connectivity index (χ0v) is 19.8. The van der Waals surface area contributed by atoms with E-state index in [0.29, 0.717) is 50.1 Å². The molecule has 11 heteroatoms. The molecule has 1 saturated heterocycles. The lowest BCUT2D eigenvalue weighted by atomic mass is 10.1. The zero-order valence-electron chi connectivity index (χ0n) is 19.8. The minimum Gasteiger partial charge on any atom is -0.493 e. The number of methoxy groups -OCH3 is 3. The lowest BCUT2D eigenvalue weighted by Crippen LogP contribution is -2.38. The molecule has 0 saturated carbocycles. The molecule has 1 fully saturated rings. The van der Waals surface area contributed by atoms with Gasteiger partial charge in [0, 0.05) is 45.0 Å². The van der Waals surface area contributed by atoms with E-state index in [2.05, 4.69) is 20.0 Å². The molecule has 0 atom stereocenters. The quantitative estimate of drug-likeness (QED) is 0.431. The molecule has 3 heterocycles. The number of carbonyl (C=O) groups is 1. The van der Waals surface area contributed by atoms with Crippen molar-refractivity contribution in [2.45, 2.75) is 6.42 Å². The first-order valence-corrected chi connectivity index (χ1v) is 11.2. The first-order chi connectivity index (χ1) is 16.7. The highest BCUT2D eigenvalue weighted by Gasteiger charge is 2.24. The van der Waals surface area contributed by atoms with Gasteiger partial charge in [0.05, 0.1) is 27.4 Å². The normalized spacial score (nSPS) is 14.3. The highest BCUT2D eigenvalue weighted by atomic mass is 16.5. The fourth-order valence-corrected chi connectivity index (χ4v) is 4.05. The number of anilines is 1. The van der Waals surface area contributed by atoms with Crippen LogP contribution in [0.25, 0.3) is 16.9 Å². The molecule has 182 valence electrons. The van der Waals surface area contributed by atoms with Crippen molar-refractivity contribution in [3.8, 4) is 22.6 Å². The van der Waals surface area contributed by atoms with Crippen LogP contribution in [0.4, 0.5) is 5.82 Å². The van der Waals surface area contributed by atoms with E-state index in [1.165, 1.54) is 6.33 Å². The van der Waals surface area contributed by atoms with Crippen LogP contribution in [0, 0.1) is 0 Å². The van der Waals surface area contributed by atoms with Crippen molar-refractivity contribution in [2.75, 3.05) is 72.2 Å². The van der Waals surface area contributed by atoms with Gasteiger partial charge in [-0.25, -0.2) is 4.98 Å². The van der Waals surface area contributed by atoms with Crippen molar-refractivity contribution in [3.63, 3.8) is 0 Å². The maximum atomic E-state index is 12.6. The topological polar surface area (TPSA) is 104 Å². The highest BCUT2D eigenvalue weighted by molar-refractivity contribution is 5.79. The predicted molar refractivity (Wildman–Crippen MR) is 125 cm³/mol. The Bertz CT molecular complexity index is 1120. The molecule has 0 bridgehead atoms. The maximum absolute atomic E-state index is 12.6. The fourth-order valence-electron chi connectivity index (χ4n) is 4.05. The Morgan fingerprint density at radius 1 is 1.00 bits per heavy atom. The number of hydrogen-bond donors (Lipinski definition) is 0. The molecular weight excluding hydrogens is 440 g/mol. The second-order valence-corrected chi connectivity index (χ2v) is 7.80. The molecule has 0 radical (unpaired) electrons. The van der Waals surface area contributed by atoms with Crippen LogP contribution in [0.15, 0.2) is 30.7 Å². The molecule has 11 nitrogen and oxygen atoms in total. The van der Waals surface area contributed by atoms with Crippen molar-refractivity contribution in [2.24, 2.45) is 0 Å². The minimum atomic E-state index is -0.0151. The number of nitrogens with zero attached hydrogens (tertiary/aromatic N) is 6. The molecule has 1 aliphatic rings. The van der Waals surface area contributed by atoms with Gasteiger partial charge < -0.3 is 28.7 Å². The molecular formula is C23H30N6O5. The summed E-state index contributed by atoms with van der Waals surface area (Å²) in [5, 5.41) is 4.43. The van der Waals surface area contributed by atoms with Gasteiger partial charge in [0.1, 0.15) is 18.8 Å². The van der Waals surface area contributed by atoms with E-state index < -0.39 is 0 Å². The van der Waals surface area contributed by atoms with Crippen molar-refractivity contribution in [1.82, 2.24) is 24.5 Å². The molecule has 0 unspecified atom stereocenters. The lowest BCUT2D eigenvalue weighted by molar-refractivity contribution is -0.136. The number of amides is 1. The van der Waals surface area contributed by atoms with Gasteiger partial charge in [-0.3, -0.25) is 4.79 Å². The Labute approximate surface area is 198 Å². The summed E-state index contributed by atoms with van der Waals surface area (Å²) in [6, 6.07) is 5.76. The fraction of sp³-hybridized carbons (Fsp3) is 0.478. The van der Waals surface area contributed by atoms with E-state index in [9.17, 15) is 4.79 Å². The highest BCUT2D eigenvalue weighted by Crippen LogP contribution is 2.36. The second kappa shape index (κ2) is 11.1. The van der Waals surface area contributed by atoms with Crippen LogP contribution in [-0.2, 0) is 14.3 Å². The van der Waals surface area contributed by atoms with Crippen molar-refractivity contribution < 1.29 is 23.7 Å². The smallest absolute Gasteiger partial charge is 0.254 e. The molecule has 0 spiro atoms. The van der Waals surface area contributed by atoms with Gasteiger partial charge in [-0.2, -0.15) is 14.6 Å². The van der Waals surface area contributed by atoms with Crippen molar-refractivity contribution in [1.29, 1.82) is 0 Å². The molecule has 1 amide bonds. The molecule has 2 aromatic heterocycles. The van der Waals surface area contributed by atoms with Crippen molar-refractivity contribution >= 4 is 17.5 Å². The second-order valence-electron chi connectivity index (χ2n) is 7.80. The number of carbonyl (C=O) groups excluding carboxylic acids is 1. The Kier molecular flexibility index (Phi) is 7.76. The molecule has 0 N–H and O–H groups in total. The van der Waals surface area contributed by atoms with Crippen molar-refractivity contribution in [3.05, 3.63) is 30.7 Å². The number of hydrogen-bond acceptors (Lipinski definition) is 9. The SMILES string of the molecule is COCCOCC(=O)N1CCCN(c2c(-c3ccc(OC)c(OC)c3)cnc3ncnn23)CC1. The lowest BCUT2D eigenvalue weighted by Gasteiger charge is -2.26. The van der Waals surface area contributed by atoms with E-state index in [4.69, 9.17) is 18.9 Å². The summed E-state index contributed by atoms with van der Waals surface area (Å²) >= 11 is 0. The Morgan fingerprint density at radius 2 is 1.85 bits per heavy atom. The molecule has 3 aromatic rings. The average Bonchev–Trinajstić information content (AvgIpc) is 3.22. The monoisotopic (exact) mass is 470 g/mol. The van der Waals surface area contributed by atoms with E-state index in [-0.39, 0.29) is 12.5 Å². The van der Waals surface area contributed by atoms with E-state index in [1.807, 2.05) is 23.1 Å². The van der Waals surface area contributed by atoms with Crippen LogP contribution >= 0.6 is 0 Å². The van der Waals surface area contributed by atoms with Crippen LogP contribution < -0.4 is 14.4 Å². The van der Waals surface area contributed by atoms with Gasteiger partial charge in [0.25, 0.3) is 5.78 Å². The average molecular weight is 471 g/mol. The van der Waals surface area contributed by atoms with E-state index >= 15 is 0 Å². The summed E-state index contributed by atoms with van der Waals surface area (Å²) in [5.74, 6) is 2.66. The number of fused-ring (bicyclic) bond motifs is 1. The Balaban J connectivity index is 1.60. The van der Waals surface area contributed by atoms with Crippen LogP contribution in [0.1, 0.15) is 6.42 Å². The first kappa shape index (κ1) is 23.7. The van der Waals surface area contributed by atoms with E-state index in [1.54, 1.807) is 32.0 Å². The van der Waals surface area contributed by atoms with Gasteiger partial charge >= 0.3 is 0 Å². The third kappa shape index (κ3) is 5.05. The van der Waals surface area contributed by atoms with Crippen LogP contribution in [-0.4, -0.2) is 97.7 Å². The minimum absolute atomic E-state index is 0.0151. The van der Waals surface area contributed by atoms with Gasteiger partial charge in [-0.1, -0.05) is 6.07 Å². The van der Waals surface area contributed by atoms with Gasteiger partial charge in [-0.05, 0) is 24.1 Å². The summed E-state index contributed by atoms with van der Waals surface area (Å²) in [5.41, 5.74) is 1.81. The number of benzene rings is 1. The third-order valence-corrected chi connectivity index (χ3v) is 5.78. The molecule has 1 aromatic carbocycles. The number of aromatic nitrogens is 4. The molecule has 4 rings (SSSR count). The molecule has 34 heavy (non-hydrogen) atoms. The van der Waals surface area contributed by atoms with Crippen LogP contribution in [0.2, 0.25) is 0 Å². The first-order valence-electron chi connectivity index (χ1n) is 11.2. The summed E-state index contributed by atoms with van der Waals surface area (Å²) in [6.45, 7) is 3.57. The van der Waals surface area contributed by atoms with E-state index in [0.717, 1.165) is 29.9 Å². The third-order valence-electron chi connectivity index (χ3n) is 5.78. The summed E-state index contributed by atoms with van der Waals surface area (Å²) in [4.78, 5) is 25.5. The largest absolute Gasteiger partial charge is 0.493 e. The van der Waals surface area contributed by atoms with Gasteiger partial charge in [-0.15, -0.1) is 0 Å². The molecule has 0 aliphatic carbocycles. The van der Waals surface area contributed by atoms with Gasteiger partial charge in [0.2, 0.25) is 5.91 Å². The Hall–Kier alpha value is -3.44. The summed E-state index contributed by atoms with van der Waals surface area (Å²) in [6.07, 6.45) is 4.11. The molecule has 1 aliphatic heterocycles.